The third-order valence-corrected chi connectivity index (χ3v) is 6.86. The summed E-state index contributed by atoms with van der Waals surface area (Å²) in [5.74, 6) is -0.226. The van der Waals surface area contributed by atoms with Crippen LogP contribution in [-0.4, -0.2) is 84.2 Å². The van der Waals surface area contributed by atoms with E-state index in [1.165, 1.54) is 17.0 Å². The normalized spacial score (nSPS) is 13.5. The van der Waals surface area contributed by atoms with Gasteiger partial charge in [-0.05, 0) is 42.5 Å². The first kappa shape index (κ1) is 28.0. The van der Waals surface area contributed by atoms with Crippen molar-refractivity contribution in [3.8, 4) is 22.7 Å². The van der Waals surface area contributed by atoms with Crippen LogP contribution in [0.2, 0.25) is 0 Å². The smallest absolute Gasteiger partial charge is 0.254 e. The maximum absolute atomic E-state index is 13.6. The zero-order valence-corrected chi connectivity index (χ0v) is 22.8. The van der Waals surface area contributed by atoms with Gasteiger partial charge in [0.2, 0.25) is 11.9 Å². The van der Waals surface area contributed by atoms with Crippen LogP contribution < -0.4 is 10.1 Å². The van der Waals surface area contributed by atoms with E-state index in [4.69, 9.17) is 9.47 Å². The molecule has 1 aromatic heterocycles. The summed E-state index contributed by atoms with van der Waals surface area (Å²) in [6.45, 7) is 3.59. The Morgan fingerprint density at radius 3 is 2.51 bits per heavy atom. The molecule has 0 bridgehead atoms. The van der Waals surface area contributed by atoms with Crippen LogP contribution in [0.4, 0.5) is 10.3 Å². The van der Waals surface area contributed by atoms with E-state index >= 15 is 0 Å². The summed E-state index contributed by atoms with van der Waals surface area (Å²) in [6.07, 6.45) is 1.79. The van der Waals surface area contributed by atoms with E-state index in [1.54, 1.807) is 54.3 Å². The van der Waals surface area contributed by atoms with Gasteiger partial charge < -0.3 is 14.4 Å². The van der Waals surface area contributed by atoms with Crippen molar-refractivity contribution in [2.24, 2.45) is 0 Å². The fourth-order valence-corrected chi connectivity index (χ4v) is 4.63. The van der Waals surface area contributed by atoms with Crippen molar-refractivity contribution in [3.05, 3.63) is 96.4 Å². The number of hydrogen-bond acceptors (Lipinski definition) is 6. The Morgan fingerprint density at radius 2 is 1.78 bits per heavy atom. The highest BCUT2D eigenvalue weighted by Gasteiger charge is 2.23. The summed E-state index contributed by atoms with van der Waals surface area (Å²) >= 11 is 0. The lowest BCUT2D eigenvalue weighted by atomic mass is 10.2. The molecule has 10 heteroatoms. The summed E-state index contributed by atoms with van der Waals surface area (Å²) in [6, 6.07) is 22.4. The third kappa shape index (κ3) is 7.16. The number of aromatic nitrogens is 2. The second kappa shape index (κ2) is 13.2. The van der Waals surface area contributed by atoms with Crippen molar-refractivity contribution in [2.45, 2.75) is 0 Å². The summed E-state index contributed by atoms with van der Waals surface area (Å²) < 4.78 is 26.1. The van der Waals surface area contributed by atoms with E-state index < -0.39 is 5.91 Å². The third-order valence-electron chi connectivity index (χ3n) is 6.86. The van der Waals surface area contributed by atoms with Gasteiger partial charge >= 0.3 is 0 Å². The maximum Gasteiger partial charge on any atom is 0.254 e. The molecule has 4 aromatic rings. The van der Waals surface area contributed by atoms with Gasteiger partial charge in [-0.25, -0.2) is 9.37 Å². The number of carbonyl (C=O) groups excluding carboxylic acids is 2. The SMILES string of the molecule is COc1cccc(C(=O)N(CCN2CCOCC2)CC(=O)Nc2nc(-c3ccccc3)cn2-c2ccc(F)cc2)c1. The number of carbonyl (C=O) groups is 2. The predicted molar refractivity (Wildman–Crippen MR) is 154 cm³/mol. The number of imidazole rings is 1. The van der Waals surface area contributed by atoms with Gasteiger partial charge in [0.25, 0.3) is 5.91 Å². The number of nitrogens with zero attached hydrogens (tertiary/aromatic N) is 4. The second-order valence-electron chi connectivity index (χ2n) is 9.62. The van der Waals surface area contributed by atoms with Crippen LogP contribution in [0.5, 0.6) is 5.75 Å². The number of anilines is 1. The van der Waals surface area contributed by atoms with E-state index in [9.17, 15) is 14.0 Å². The quantitative estimate of drug-likeness (QED) is 0.316. The van der Waals surface area contributed by atoms with Crippen molar-refractivity contribution in [1.29, 1.82) is 0 Å². The average Bonchev–Trinajstić information content (AvgIpc) is 3.43. The van der Waals surface area contributed by atoms with Crippen LogP contribution in [0.25, 0.3) is 16.9 Å². The minimum Gasteiger partial charge on any atom is -0.497 e. The predicted octanol–water partition coefficient (Wildman–Crippen LogP) is 4.10. The second-order valence-corrected chi connectivity index (χ2v) is 9.62. The summed E-state index contributed by atoms with van der Waals surface area (Å²) in [5, 5.41) is 2.88. The number of hydrogen-bond donors (Lipinski definition) is 1. The minimum atomic E-state index is -0.406. The lowest BCUT2D eigenvalue weighted by molar-refractivity contribution is -0.117. The van der Waals surface area contributed by atoms with Crippen LogP contribution in [0.3, 0.4) is 0 Å². The average molecular weight is 558 g/mol. The highest BCUT2D eigenvalue weighted by Crippen LogP contribution is 2.24. The van der Waals surface area contributed by atoms with Crippen molar-refractivity contribution in [1.82, 2.24) is 19.4 Å². The number of ether oxygens (including phenoxy) is 2. The Morgan fingerprint density at radius 1 is 1.02 bits per heavy atom. The molecule has 1 aliphatic rings. The molecule has 0 unspecified atom stereocenters. The fraction of sp³-hybridized carbons (Fsp3) is 0.258. The van der Waals surface area contributed by atoms with E-state index in [2.05, 4.69) is 15.2 Å². The Balaban J connectivity index is 1.38. The van der Waals surface area contributed by atoms with Crippen LogP contribution >= 0.6 is 0 Å². The van der Waals surface area contributed by atoms with E-state index in [-0.39, 0.29) is 24.2 Å². The molecule has 9 nitrogen and oxygen atoms in total. The molecule has 212 valence electrons. The van der Waals surface area contributed by atoms with Gasteiger partial charge in [-0.2, -0.15) is 0 Å². The number of morpholine rings is 1. The number of halogens is 1. The molecular weight excluding hydrogens is 525 g/mol. The van der Waals surface area contributed by atoms with Gasteiger partial charge in [0.05, 0.1) is 26.0 Å². The molecule has 2 amide bonds. The molecule has 5 rings (SSSR count). The van der Waals surface area contributed by atoms with Gasteiger partial charge in [-0.15, -0.1) is 0 Å². The van der Waals surface area contributed by atoms with Crippen LogP contribution in [-0.2, 0) is 9.53 Å². The van der Waals surface area contributed by atoms with Crippen molar-refractivity contribution in [3.63, 3.8) is 0 Å². The number of amides is 2. The zero-order valence-electron chi connectivity index (χ0n) is 22.8. The molecule has 1 aliphatic heterocycles. The highest BCUT2D eigenvalue weighted by molar-refractivity contribution is 5.99. The molecule has 41 heavy (non-hydrogen) atoms. The molecular formula is C31H32FN5O4. The number of methoxy groups -OCH3 is 1. The Bertz CT molecular complexity index is 1470. The first-order valence-electron chi connectivity index (χ1n) is 13.4. The highest BCUT2D eigenvalue weighted by atomic mass is 19.1. The molecule has 1 fully saturated rings. The van der Waals surface area contributed by atoms with Crippen LogP contribution in [0, 0.1) is 5.82 Å². The molecule has 0 radical (unpaired) electrons. The van der Waals surface area contributed by atoms with Gasteiger partial charge in [0, 0.05) is 49.2 Å². The van der Waals surface area contributed by atoms with Gasteiger partial charge in [0.1, 0.15) is 18.1 Å². The first-order valence-corrected chi connectivity index (χ1v) is 13.4. The minimum absolute atomic E-state index is 0.183. The monoisotopic (exact) mass is 557 g/mol. The lowest BCUT2D eigenvalue weighted by Gasteiger charge is -2.30. The molecule has 0 aliphatic carbocycles. The summed E-state index contributed by atoms with van der Waals surface area (Å²) in [7, 11) is 1.54. The van der Waals surface area contributed by atoms with Crippen LogP contribution in [0.15, 0.2) is 85.1 Å². The number of nitrogens with one attached hydrogen (secondary N) is 1. The molecule has 3 aromatic carbocycles. The van der Waals surface area contributed by atoms with E-state index in [1.807, 2.05) is 30.3 Å². The molecule has 0 saturated carbocycles. The van der Waals surface area contributed by atoms with Crippen LogP contribution in [0.1, 0.15) is 10.4 Å². The Hall–Kier alpha value is -4.54. The van der Waals surface area contributed by atoms with Gasteiger partial charge in [-0.3, -0.25) is 24.4 Å². The van der Waals surface area contributed by atoms with Crippen molar-refractivity contribution in [2.75, 3.05) is 58.4 Å². The lowest BCUT2D eigenvalue weighted by Crippen LogP contribution is -2.45. The Kier molecular flexibility index (Phi) is 9.02. The molecule has 1 N–H and O–H groups in total. The van der Waals surface area contributed by atoms with Crippen molar-refractivity contribution >= 4 is 17.8 Å². The maximum atomic E-state index is 13.6. The fourth-order valence-electron chi connectivity index (χ4n) is 4.63. The molecule has 1 saturated heterocycles. The number of rotatable bonds is 10. The van der Waals surface area contributed by atoms with Gasteiger partial charge in [-0.1, -0.05) is 36.4 Å². The molecule has 0 atom stereocenters. The van der Waals surface area contributed by atoms with E-state index in [0.29, 0.717) is 49.0 Å². The zero-order chi connectivity index (χ0) is 28.6. The topological polar surface area (TPSA) is 88.9 Å². The van der Waals surface area contributed by atoms with Crippen molar-refractivity contribution < 1.29 is 23.5 Å². The number of benzene rings is 3. The summed E-state index contributed by atoms with van der Waals surface area (Å²) in [5.41, 5.74) is 2.57. The van der Waals surface area contributed by atoms with E-state index in [0.717, 1.165) is 18.7 Å². The molecule has 2 heterocycles. The van der Waals surface area contributed by atoms with Gasteiger partial charge in [0.15, 0.2) is 0 Å². The first-order chi connectivity index (χ1) is 20.0. The largest absolute Gasteiger partial charge is 0.497 e. The summed E-state index contributed by atoms with van der Waals surface area (Å²) in [4.78, 5) is 35.4. The Labute approximate surface area is 238 Å². The standard InChI is InChI=1S/C31H32FN5O4/c1-40-27-9-5-8-24(20-27)30(39)36(15-14-35-16-18-41-19-17-35)22-29(38)34-31-33-28(23-6-3-2-4-7-23)21-37(31)26-12-10-25(32)11-13-26/h2-13,20-21H,14-19,22H2,1H3,(H,33,34,38). The molecule has 0 spiro atoms.